The maximum atomic E-state index is 12.0. The Hall–Kier alpha value is -1.90. The molecule has 0 aliphatic carbocycles. The molecule has 1 aromatic carbocycles. The first-order valence-corrected chi connectivity index (χ1v) is 4.64. The van der Waals surface area contributed by atoms with Crippen LogP contribution in [-0.4, -0.2) is 17.9 Å². The molecule has 0 amide bonds. The number of aldehydes is 1. The normalized spacial score (nSPS) is 11.3. The Labute approximate surface area is 86.4 Å². The number of para-hydroxylation sites is 1. The second-order valence-corrected chi connectivity index (χ2v) is 3.21. The summed E-state index contributed by atoms with van der Waals surface area (Å²) in [5.41, 5.74) is 2.29. The van der Waals surface area contributed by atoms with Crippen LogP contribution in [-0.2, 0) is 0 Å². The van der Waals surface area contributed by atoms with Gasteiger partial charge < -0.3 is 4.98 Å². The Morgan fingerprint density at radius 1 is 1.40 bits per heavy atom. The molecular weight excluding hydrogens is 193 g/mol. The Kier molecular flexibility index (Phi) is 2.63. The van der Waals surface area contributed by atoms with Crippen LogP contribution in [0.2, 0.25) is 0 Å². The fraction of sp³-hybridized carbons (Fsp3) is 0.0833. The maximum Gasteiger partial charge on any atom is 0.166 e. The fourth-order valence-electron chi connectivity index (χ4n) is 1.58. The number of carbonyl (C=O) groups excluding carboxylic acids is 1. The van der Waals surface area contributed by atoms with Gasteiger partial charge in [0.15, 0.2) is 6.29 Å². The molecule has 1 heterocycles. The summed E-state index contributed by atoms with van der Waals surface area (Å²) in [5, 5.41) is 0.957. The highest BCUT2D eigenvalue weighted by molar-refractivity contribution is 5.92. The maximum absolute atomic E-state index is 12.0. The van der Waals surface area contributed by atoms with Gasteiger partial charge in [0.1, 0.15) is 6.67 Å². The largest absolute Gasteiger partial charge is 0.352 e. The SMILES string of the molecule is O=Cc1cc2cccc(C=CCF)c2[nH]1. The molecule has 76 valence electrons. The molecular formula is C12H10FNO. The minimum absolute atomic E-state index is 0.488. The Bertz CT molecular complexity index is 513. The van der Waals surface area contributed by atoms with Crippen molar-refractivity contribution < 1.29 is 9.18 Å². The molecule has 15 heavy (non-hydrogen) atoms. The van der Waals surface area contributed by atoms with E-state index in [1.54, 1.807) is 12.1 Å². The number of halogens is 1. The van der Waals surface area contributed by atoms with Gasteiger partial charge in [0.25, 0.3) is 0 Å². The van der Waals surface area contributed by atoms with Gasteiger partial charge in [0.05, 0.1) is 11.2 Å². The van der Waals surface area contributed by atoms with Gasteiger partial charge in [-0.1, -0.05) is 30.4 Å². The molecule has 1 N–H and O–H groups in total. The van der Waals surface area contributed by atoms with Crippen molar-refractivity contribution >= 4 is 23.3 Å². The Morgan fingerprint density at radius 2 is 2.27 bits per heavy atom. The van der Waals surface area contributed by atoms with Crippen molar-refractivity contribution in [3.63, 3.8) is 0 Å². The number of benzene rings is 1. The van der Waals surface area contributed by atoms with E-state index >= 15 is 0 Å². The van der Waals surface area contributed by atoms with E-state index in [-0.39, 0.29) is 0 Å². The molecule has 0 bridgehead atoms. The zero-order valence-electron chi connectivity index (χ0n) is 8.03. The molecule has 0 radical (unpaired) electrons. The molecule has 3 heteroatoms. The smallest absolute Gasteiger partial charge is 0.166 e. The van der Waals surface area contributed by atoms with E-state index in [4.69, 9.17) is 0 Å². The summed E-state index contributed by atoms with van der Waals surface area (Å²) < 4.78 is 12.0. The highest BCUT2D eigenvalue weighted by atomic mass is 19.1. The van der Waals surface area contributed by atoms with Crippen LogP contribution < -0.4 is 0 Å². The van der Waals surface area contributed by atoms with Gasteiger partial charge in [-0.2, -0.15) is 0 Å². The molecule has 2 aromatic rings. The quantitative estimate of drug-likeness (QED) is 0.764. The predicted octanol–water partition coefficient (Wildman–Crippen LogP) is 2.96. The molecule has 0 aliphatic heterocycles. The van der Waals surface area contributed by atoms with E-state index in [0.717, 1.165) is 22.8 Å². The summed E-state index contributed by atoms with van der Waals surface area (Å²) in [5.74, 6) is 0. The summed E-state index contributed by atoms with van der Waals surface area (Å²) in [6.07, 6.45) is 3.91. The van der Waals surface area contributed by atoms with E-state index in [0.29, 0.717) is 5.69 Å². The van der Waals surface area contributed by atoms with E-state index in [1.807, 2.05) is 18.2 Å². The van der Waals surface area contributed by atoms with Crippen molar-refractivity contribution in [1.82, 2.24) is 4.98 Å². The van der Waals surface area contributed by atoms with Gasteiger partial charge >= 0.3 is 0 Å². The highest BCUT2D eigenvalue weighted by Crippen LogP contribution is 2.19. The number of carbonyl (C=O) groups is 1. The standard InChI is InChI=1S/C12H10FNO/c13-6-2-5-9-3-1-4-10-7-11(8-15)14-12(9)10/h1-5,7-8,14H,6H2. The van der Waals surface area contributed by atoms with Crippen LogP contribution in [0.1, 0.15) is 16.1 Å². The number of aromatic nitrogens is 1. The van der Waals surface area contributed by atoms with E-state index in [1.165, 1.54) is 6.08 Å². The number of fused-ring (bicyclic) bond motifs is 1. The highest BCUT2D eigenvalue weighted by Gasteiger charge is 2.02. The van der Waals surface area contributed by atoms with Crippen molar-refractivity contribution in [2.75, 3.05) is 6.67 Å². The topological polar surface area (TPSA) is 32.9 Å². The van der Waals surface area contributed by atoms with Crippen LogP contribution in [0, 0.1) is 0 Å². The van der Waals surface area contributed by atoms with Gasteiger partial charge in [-0.15, -0.1) is 0 Å². The number of hydrogen-bond acceptors (Lipinski definition) is 1. The number of rotatable bonds is 3. The van der Waals surface area contributed by atoms with E-state index in [2.05, 4.69) is 4.98 Å². The Balaban J connectivity index is 2.58. The second-order valence-electron chi connectivity index (χ2n) is 3.21. The lowest BCUT2D eigenvalue weighted by molar-refractivity contribution is 0.112. The first-order valence-electron chi connectivity index (χ1n) is 4.64. The number of alkyl halides is 1. The molecule has 0 spiro atoms. The van der Waals surface area contributed by atoms with Gasteiger partial charge in [-0.05, 0) is 11.6 Å². The minimum Gasteiger partial charge on any atom is -0.352 e. The van der Waals surface area contributed by atoms with Crippen LogP contribution in [0.25, 0.3) is 17.0 Å². The van der Waals surface area contributed by atoms with Gasteiger partial charge in [0, 0.05) is 5.39 Å². The molecule has 0 fully saturated rings. The second kappa shape index (κ2) is 4.09. The monoisotopic (exact) mass is 203 g/mol. The molecule has 0 aliphatic rings. The average molecular weight is 203 g/mol. The lowest BCUT2D eigenvalue weighted by Gasteiger charge is -1.95. The number of nitrogens with one attached hydrogen (secondary N) is 1. The van der Waals surface area contributed by atoms with Crippen LogP contribution >= 0.6 is 0 Å². The van der Waals surface area contributed by atoms with Crippen LogP contribution in [0.5, 0.6) is 0 Å². The summed E-state index contributed by atoms with van der Waals surface area (Å²) in [7, 11) is 0. The van der Waals surface area contributed by atoms with Crippen LogP contribution in [0.4, 0.5) is 4.39 Å². The number of hydrogen-bond donors (Lipinski definition) is 1. The molecule has 0 saturated carbocycles. The summed E-state index contributed by atoms with van der Waals surface area (Å²) >= 11 is 0. The third-order valence-electron chi connectivity index (χ3n) is 2.22. The van der Waals surface area contributed by atoms with Crippen molar-refractivity contribution in [1.29, 1.82) is 0 Å². The zero-order valence-corrected chi connectivity index (χ0v) is 8.03. The predicted molar refractivity (Wildman–Crippen MR) is 58.7 cm³/mol. The third kappa shape index (κ3) is 1.81. The fourth-order valence-corrected chi connectivity index (χ4v) is 1.58. The third-order valence-corrected chi connectivity index (χ3v) is 2.22. The molecule has 1 aromatic heterocycles. The molecule has 2 nitrogen and oxygen atoms in total. The zero-order chi connectivity index (χ0) is 10.7. The average Bonchev–Trinajstić information content (AvgIpc) is 2.69. The first-order chi connectivity index (χ1) is 7.35. The van der Waals surface area contributed by atoms with Gasteiger partial charge in [0.2, 0.25) is 0 Å². The van der Waals surface area contributed by atoms with E-state index in [9.17, 15) is 9.18 Å². The van der Waals surface area contributed by atoms with Crippen molar-refractivity contribution in [3.8, 4) is 0 Å². The van der Waals surface area contributed by atoms with Gasteiger partial charge in [-0.25, -0.2) is 4.39 Å². The van der Waals surface area contributed by atoms with Gasteiger partial charge in [-0.3, -0.25) is 4.79 Å². The summed E-state index contributed by atoms with van der Waals surface area (Å²) in [6.45, 7) is -0.488. The lowest BCUT2D eigenvalue weighted by atomic mass is 10.1. The molecule has 0 saturated heterocycles. The van der Waals surface area contributed by atoms with Crippen LogP contribution in [0.3, 0.4) is 0 Å². The lowest BCUT2D eigenvalue weighted by Crippen LogP contribution is -1.78. The molecule has 0 unspecified atom stereocenters. The van der Waals surface area contributed by atoms with Crippen molar-refractivity contribution in [2.45, 2.75) is 0 Å². The van der Waals surface area contributed by atoms with Crippen molar-refractivity contribution in [2.24, 2.45) is 0 Å². The molecule has 0 atom stereocenters. The summed E-state index contributed by atoms with van der Waals surface area (Å²) in [4.78, 5) is 13.6. The first kappa shape index (κ1) is 9.65. The molecule has 2 rings (SSSR count). The van der Waals surface area contributed by atoms with Crippen LogP contribution in [0.15, 0.2) is 30.3 Å². The number of aromatic amines is 1. The van der Waals surface area contributed by atoms with Crippen molar-refractivity contribution in [3.05, 3.63) is 41.6 Å². The Morgan fingerprint density at radius 3 is 3.00 bits per heavy atom. The van der Waals surface area contributed by atoms with E-state index < -0.39 is 6.67 Å². The number of H-pyrrole nitrogens is 1. The minimum atomic E-state index is -0.488. The number of allylic oxidation sites excluding steroid dienone is 1. The summed E-state index contributed by atoms with van der Waals surface area (Å²) in [6, 6.07) is 7.43.